The molecule has 0 aliphatic carbocycles. The van der Waals surface area contributed by atoms with Gasteiger partial charge in [0, 0.05) is 19.6 Å². The Bertz CT molecular complexity index is 401. The summed E-state index contributed by atoms with van der Waals surface area (Å²) in [5.41, 5.74) is 16.0. The molecule has 1 aliphatic heterocycles. The van der Waals surface area contributed by atoms with Crippen molar-refractivity contribution in [2.75, 3.05) is 24.6 Å². The molecule has 0 spiro atoms. The molecule has 1 heterocycles. The summed E-state index contributed by atoms with van der Waals surface area (Å²) in [6.07, 6.45) is 2.27. The molecule has 1 atom stereocenters. The molecular formula is C14H23N3. The quantitative estimate of drug-likeness (QED) is 0.787. The lowest BCUT2D eigenvalue weighted by molar-refractivity contribution is 0.218. The molecule has 0 fully saturated rings. The second-order valence-corrected chi connectivity index (χ2v) is 5.20. The van der Waals surface area contributed by atoms with Gasteiger partial charge in [0.15, 0.2) is 0 Å². The second kappa shape index (κ2) is 4.96. The van der Waals surface area contributed by atoms with Gasteiger partial charge < -0.3 is 11.5 Å². The average Bonchev–Trinajstić information content (AvgIpc) is 2.34. The highest BCUT2D eigenvalue weighted by atomic mass is 15.1. The molecule has 1 aromatic carbocycles. The second-order valence-electron chi connectivity index (χ2n) is 5.20. The van der Waals surface area contributed by atoms with E-state index in [2.05, 4.69) is 24.8 Å². The fraction of sp³-hybridized carbons (Fsp3) is 0.571. The molecular weight excluding hydrogens is 210 g/mol. The Morgan fingerprint density at radius 3 is 2.82 bits per heavy atom. The predicted octanol–water partition coefficient (Wildman–Crippen LogP) is 2.26. The first-order valence-corrected chi connectivity index (χ1v) is 6.49. The number of fused-ring (bicyclic) bond motifs is 1. The Morgan fingerprint density at radius 2 is 2.12 bits per heavy atom. The lowest BCUT2D eigenvalue weighted by atomic mass is 9.96. The summed E-state index contributed by atoms with van der Waals surface area (Å²) < 4.78 is 0. The highest BCUT2D eigenvalue weighted by Crippen LogP contribution is 2.29. The lowest BCUT2D eigenvalue weighted by Crippen LogP contribution is -2.34. The van der Waals surface area contributed by atoms with E-state index in [0.717, 1.165) is 36.8 Å². The molecule has 0 aromatic heterocycles. The normalized spacial score (nSPS) is 17.8. The van der Waals surface area contributed by atoms with E-state index in [1.807, 2.05) is 6.07 Å². The molecule has 3 heteroatoms. The minimum absolute atomic E-state index is 0.721. The van der Waals surface area contributed by atoms with E-state index < -0.39 is 0 Å². The number of nitrogens with two attached hydrogens (primary N) is 2. The summed E-state index contributed by atoms with van der Waals surface area (Å²) in [4.78, 5) is 2.52. The van der Waals surface area contributed by atoms with E-state index in [-0.39, 0.29) is 0 Å². The third kappa shape index (κ3) is 2.55. The number of nitrogen functional groups attached to an aromatic ring is 2. The van der Waals surface area contributed by atoms with E-state index in [1.54, 1.807) is 0 Å². The van der Waals surface area contributed by atoms with Gasteiger partial charge in [0.2, 0.25) is 0 Å². The number of hydrogen-bond acceptors (Lipinski definition) is 3. The first kappa shape index (κ1) is 12.2. The van der Waals surface area contributed by atoms with Crippen molar-refractivity contribution in [3.63, 3.8) is 0 Å². The minimum atomic E-state index is 0.721. The SMILES string of the molecule is CC[C@@H](C)CN1CCc2c(ccc(N)c2N)C1. The Morgan fingerprint density at radius 1 is 1.35 bits per heavy atom. The van der Waals surface area contributed by atoms with Gasteiger partial charge >= 0.3 is 0 Å². The third-order valence-corrected chi connectivity index (χ3v) is 3.83. The zero-order valence-corrected chi connectivity index (χ0v) is 10.9. The molecule has 94 valence electrons. The molecule has 0 saturated heterocycles. The molecule has 0 radical (unpaired) electrons. The predicted molar refractivity (Wildman–Crippen MR) is 73.7 cm³/mol. The van der Waals surface area contributed by atoms with Crippen LogP contribution in [0.1, 0.15) is 31.4 Å². The topological polar surface area (TPSA) is 55.3 Å². The number of rotatable bonds is 3. The summed E-state index contributed by atoms with van der Waals surface area (Å²) in [5, 5.41) is 0. The van der Waals surface area contributed by atoms with Crippen LogP contribution < -0.4 is 11.5 Å². The van der Waals surface area contributed by atoms with Crippen LogP contribution >= 0.6 is 0 Å². The molecule has 3 nitrogen and oxygen atoms in total. The van der Waals surface area contributed by atoms with Crippen LogP contribution in [-0.2, 0) is 13.0 Å². The van der Waals surface area contributed by atoms with Gasteiger partial charge in [0.05, 0.1) is 11.4 Å². The van der Waals surface area contributed by atoms with Gasteiger partial charge in [0.1, 0.15) is 0 Å². The maximum absolute atomic E-state index is 6.03. The molecule has 2 rings (SSSR count). The zero-order chi connectivity index (χ0) is 12.4. The number of hydrogen-bond donors (Lipinski definition) is 2. The summed E-state index contributed by atoms with van der Waals surface area (Å²) in [7, 11) is 0. The van der Waals surface area contributed by atoms with Gasteiger partial charge in [-0.25, -0.2) is 0 Å². The van der Waals surface area contributed by atoms with E-state index in [4.69, 9.17) is 11.5 Å². The van der Waals surface area contributed by atoms with Crippen LogP contribution in [-0.4, -0.2) is 18.0 Å². The van der Waals surface area contributed by atoms with Gasteiger partial charge in [-0.3, -0.25) is 4.90 Å². The highest BCUT2D eigenvalue weighted by molar-refractivity contribution is 5.69. The van der Waals surface area contributed by atoms with Crippen LogP contribution in [0.2, 0.25) is 0 Å². The van der Waals surface area contributed by atoms with Crippen LogP contribution in [0.25, 0.3) is 0 Å². The number of anilines is 2. The molecule has 1 aromatic rings. The fourth-order valence-electron chi connectivity index (χ4n) is 2.49. The Hall–Kier alpha value is -1.22. The van der Waals surface area contributed by atoms with Crippen molar-refractivity contribution < 1.29 is 0 Å². The first-order chi connectivity index (χ1) is 8.11. The van der Waals surface area contributed by atoms with Gasteiger partial charge in [-0.15, -0.1) is 0 Å². The Kier molecular flexibility index (Phi) is 3.57. The first-order valence-electron chi connectivity index (χ1n) is 6.49. The van der Waals surface area contributed by atoms with Crippen molar-refractivity contribution in [3.8, 4) is 0 Å². The Labute approximate surface area is 104 Å². The van der Waals surface area contributed by atoms with E-state index in [1.165, 1.54) is 24.1 Å². The summed E-state index contributed by atoms with van der Waals surface area (Å²) in [6.45, 7) is 7.86. The maximum Gasteiger partial charge on any atom is 0.0584 e. The smallest absolute Gasteiger partial charge is 0.0584 e. The van der Waals surface area contributed by atoms with Crippen LogP contribution in [0.3, 0.4) is 0 Å². The third-order valence-electron chi connectivity index (χ3n) is 3.83. The van der Waals surface area contributed by atoms with Gasteiger partial charge in [-0.1, -0.05) is 26.3 Å². The number of nitrogens with zero attached hydrogens (tertiary/aromatic N) is 1. The monoisotopic (exact) mass is 233 g/mol. The van der Waals surface area contributed by atoms with E-state index in [9.17, 15) is 0 Å². The van der Waals surface area contributed by atoms with E-state index >= 15 is 0 Å². The summed E-state index contributed by atoms with van der Waals surface area (Å²) in [6, 6.07) is 4.06. The van der Waals surface area contributed by atoms with Crippen LogP contribution in [0.15, 0.2) is 12.1 Å². The van der Waals surface area contributed by atoms with Gasteiger partial charge in [-0.05, 0) is 29.5 Å². The summed E-state index contributed by atoms with van der Waals surface area (Å²) >= 11 is 0. The lowest BCUT2D eigenvalue weighted by Gasteiger charge is -2.31. The van der Waals surface area contributed by atoms with Crippen LogP contribution in [0.5, 0.6) is 0 Å². The molecule has 4 N–H and O–H groups in total. The van der Waals surface area contributed by atoms with Crippen LogP contribution in [0.4, 0.5) is 11.4 Å². The van der Waals surface area contributed by atoms with Crippen molar-refractivity contribution in [1.82, 2.24) is 4.90 Å². The van der Waals surface area contributed by atoms with Gasteiger partial charge in [-0.2, -0.15) is 0 Å². The van der Waals surface area contributed by atoms with Gasteiger partial charge in [0.25, 0.3) is 0 Å². The molecule has 0 bridgehead atoms. The molecule has 0 amide bonds. The van der Waals surface area contributed by atoms with Crippen molar-refractivity contribution >= 4 is 11.4 Å². The standard InChI is InChI=1S/C14H23N3/c1-3-10(2)8-17-7-6-12-11(9-17)4-5-13(15)14(12)16/h4-5,10H,3,6-9,15-16H2,1-2H3/t10-/m1/s1. The van der Waals surface area contributed by atoms with E-state index in [0.29, 0.717) is 0 Å². The largest absolute Gasteiger partial charge is 0.397 e. The molecule has 0 unspecified atom stereocenters. The Balaban J connectivity index is 2.12. The van der Waals surface area contributed by atoms with Crippen molar-refractivity contribution in [3.05, 3.63) is 23.3 Å². The molecule has 17 heavy (non-hydrogen) atoms. The van der Waals surface area contributed by atoms with Crippen molar-refractivity contribution in [1.29, 1.82) is 0 Å². The molecule has 1 aliphatic rings. The maximum atomic E-state index is 6.03. The van der Waals surface area contributed by atoms with Crippen molar-refractivity contribution in [2.24, 2.45) is 5.92 Å². The van der Waals surface area contributed by atoms with Crippen molar-refractivity contribution in [2.45, 2.75) is 33.2 Å². The average molecular weight is 233 g/mol. The fourth-order valence-corrected chi connectivity index (χ4v) is 2.49. The molecule has 0 saturated carbocycles. The summed E-state index contributed by atoms with van der Waals surface area (Å²) in [5.74, 6) is 0.766. The minimum Gasteiger partial charge on any atom is -0.397 e. The van der Waals surface area contributed by atoms with Crippen LogP contribution in [0, 0.1) is 5.92 Å². The highest BCUT2D eigenvalue weighted by Gasteiger charge is 2.19. The zero-order valence-electron chi connectivity index (χ0n) is 10.9. The number of benzene rings is 1.